The number of carboxylic acids is 1. The van der Waals surface area contributed by atoms with Gasteiger partial charge in [0.15, 0.2) is 0 Å². The van der Waals surface area contributed by atoms with Crippen LogP contribution in [-0.4, -0.2) is 33.0 Å². The first-order valence-electron chi connectivity index (χ1n) is 14.6. The van der Waals surface area contributed by atoms with E-state index >= 15 is 0 Å². The van der Waals surface area contributed by atoms with Crippen LogP contribution in [0.5, 0.6) is 5.75 Å². The minimum absolute atomic E-state index is 0.115. The number of carbonyl (C=O) groups is 1. The van der Waals surface area contributed by atoms with Crippen LogP contribution < -0.4 is 4.74 Å². The van der Waals surface area contributed by atoms with E-state index in [1.54, 1.807) is 24.3 Å². The molecule has 3 aliphatic rings. The van der Waals surface area contributed by atoms with Crippen LogP contribution in [0, 0.1) is 17.7 Å². The molecule has 0 saturated heterocycles. The van der Waals surface area contributed by atoms with Gasteiger partial charge in [0.2, 0.25) is 5.60 Å². The molecular formula is C32H34Cl2FNO6. The number of rotatable bonds is 10. The van der Waals surface area contributed by atoms with Gasteiger partial charge in [0.1, 0.15) is 23.0 Å². The van der Waals surface area contributed by atoms with E-state index in [4.69, 9.17) is 37.2 Å². The molecule has 0 amide bonds. The Morgan fingerprint density at radius 2 is 1.88 bits per heavy atom. The van der Waals surface area contributed by atoms with Crippen LogP contribution in [0.3, 0.4) is 0 Å². The number of hydrogen-bond acceptors (Lipinski definition) is 6. The molecule has 0 spiro atoms. The monoisotopic (exact) mass is 617 g/mol. The molecule has 4 atom stereocenters. The summed E-state index contributed by atoms with van der Waals surface area (Å²) in [6.45, 7) is 4.19. The zero-order chi connectivity index (χ0) is 29.8. The van der Waals surface area contributed by atoms with Crippen LogP contribution in [0.15, 0.2) is 40.9 Å². The molecule has 224 valence electrons. The Labute approximate surface area is 253 Å². The molecule has 7 nitrogen and oxygen atoms in total. The normalized spacial score (nSPS) is 26.7. The lowest BCUT2D eigenvalue weighted by molar-refractivity contribution is -0.147. The molecule has 0 aliphatic heterocycles. The molecule has 3 fully saturated rings. The van der Waals surface area contributed by atoms with Crippen molar-refractivity contribution in [3.8, 4) is 17.0 Å². The number of hydrogen-bond donors (Lipinski definition) is 2. The quantitative estimate of drug-likeness (QED) is 0.238. The fraction of sp³-hybridized carbons (Fsp3) is 0.500. The van der Waals surface area contributed by atoms with Crippen molar-refractivity contribution in [3.63, 3.8) is 0 Å². The van der Waals surface area contributed by atoms with Crippen molar-refractivity contribution in [2.45, 2.75) is 88.6 Å². The number of aliphatic hydroxyl groups is 1. The SMILES string of the molecule is CC[C@@H]1C[C@@H](OCc2c(-c3c(Cl)cccc3Cl)noc2C2CC2)C[C@H](C)[C@]1(O)c1cc(F)cc(OC2(C(=O)O)CC2)c1. The average Bonchev–Trinajstić information content (AvgIpc) is 3.88. The van der Waals surface area contributed by atoms with Crippen LogP contribution in [0.1, 0.15) is 81.6 Å². The maximum absolute atomic E-state index is 14.8. The zero-order valence-corrected chi connectivity index (χ0v) is 25.1. The molecule has 10 heteroatoms. The summed E-state index contributed by atoms with van der Waals surface area (Å²) in [6, 6.07) is 9.41. The Hall–Kier alpha value is -2.65. The fourth-order valence-electron chi connectivity index (χ4n) is 6.50. The number of ether oxygens (including phenoxy) is 2. The molecule has 1 heterocycles. The van der Waals surface area contributed by atoms with Gasteiger partial charge in [-0.2, -0.15) is 0 Å². The third-order valence-corrected chi connectivity index (χ3v) is 9.83. The highest BCUT2D eigenvalue weighted by molar-refractivity contribution is 6.39. The van der Waals surface area contributed by atoms with Crippen LogP contribution in [0.25, 0.3) is 11.3 Å². The minimum atomic E-state index is -1.35. The third kappa shape index (κ3) is 5.32. The maximum atomic E-state index is 14.8. The molecule has 0 bridgehead atoms. The largest absolute Gasteiger partial charge is 0.478 e. The van der Waals surface area contributed by atoms with Crippen molar-refractivity contribution in [2.75, 3.05) is 0 Å². The number of aromatic nitrogens is 1. The Kier molecular flexibility index (Phi) is 7.79. The third-order valence-electron chi connectivity index (χ3n) is 9.20. The second-order valence-corrected chi connectivity index (χ2v) is 12.9. The lowest BCUT2D eigenvalue weighted by Crippen LogP contribution is -2.48. The number of benzene rings is 2. The number of nitrogens with zero attached hydrogens (tertiary/aromatic N) is 1. The molecule has 0 radical (unpaired) electrons. The van der Waals surface area contributed by atoms with Crippen molar-refractivity contribution in [1.29, 1.82) is 0 Å². The zero-order valence-electron chi connectivity index (χ0n) is 23.5. The topological polar surface area (TPSA) is 102 Å². The van der Waals surface area contributed by atoms with Gasteiger partial charge >= 0.3 is 5.97 Å². The number of aliphatic carboxylic acids is 1. The molecule has 3 saturated carbocycles. The summed E-state index contributed by atoms with van der Waals surface area (Å²) in [4.78, 5) is 11.6. The highest BCUT2D eigenvalue weighted by atomic mass is 35.5. The van der Waals surface area contributed by atoms with Gasteiger partial charge in [-0.25, -0.2) is 9.18 Å². The predicted octanol–water partition coefficient (Wildman–Crippen LogP) is 7.89. The van der Waals surface area contributed by atoms with E-state index < -0.39 is 23.0 Å². The summed E-state index contributed by atoms with van der Waals surface area (Å²) in [7, 11) is 0. The second kappa shape index (κ2) is 11.1. The number of halogens is 3. The van der Waals surface area contributed by atoms with E-state index in [1.165, 1.54) is 12.1 Å². The van der Waals surface area contributed by atoms with Crippen molar-refractivity contribution in [3.05, 3.63) is 69.1 Å². The molecule has 6 rings (SSSR count). The van der Waals surface area contributed by atoms with Crippen LogP contribution in [-0.2, 0) is 21.7 Å². The van der Waals surface area contributed by atoms with E-state index in [0.717, 1.165) is 24.2 Å². The van der Waals surface area contributed by atoms with E-state index in [-0.39, 0.29) is 30.3 Å². The van der Waals surface area contributed by atoms with Crippen LogP contribution in [0.2, 0.25) is 10.0 Å². The van der Waals surface area contributed by atoms with Gasteiger partial charge in [-0.3, -0.25) is 0 Å². The first-order valence-corrected chi connectivity index (χ1v) is 15.3. The summed E-state index contributed by atoms with van der Waals surface area (Å²) in [5.41, 5.74) is -0.226. The summed E-state index contributed by atoms with van der Waals surface area (Å²) in [5.74, 6) is -0.957. The highest BCUT2D eigenvalue weighted by Crippen LogP contribution is 2.50. The Balaban J connectivity index is 1.23. The lowest BCUT2D eigenvalue weighted by Gasteiger charge is -2.47. The van der Waals surface area contributed by atoms with E-state index in [2.05, 4.69) is 5.16 Å². The molecule has 42 heavy (non-hydrogen) atoms. The summed E-state index contributed by atoms with van der Waals surface area (Å²) in [5, 5.41) is 27.0. The Morgan fingerprint density at radius 3 is 2.50 bits per heavy atom. The first-order chi connectivity index (χ1) is 20.1. The molecule has 3 aromatic rings. The molecule has 3 aliphatic carbocycles. The van der Waals surface area contributed by atoms with Gasteiger partial charge in [0, 0.05) is 36.0 Å². The van der Waals surface area contributed by atoms with Gasteiger partial charge in [-0.15, -0.1) is 0 Å². The lowest BCUT2D eigenvalue weighted by atomic mass is 9.64. The second-order valence-electron chi connectivity index (χ2n) is 12.1. The van der Waals surface area contributed by atoms with Gasteiger partial charge in [-0.05, 0) is 67.3 Å². The fourth-order valence-corrected chi connectivity index (χ4v) is 7.08. The maximum Gasteiger partial charge on any atom is 0.348 e. The van der Waals surface area contributed by atoms with Crippen LogP contribution >= 0.6 is 23.2 Å². The van der Waals surface area contributed by atoms with Crippen molar-refractivity contribution in [1.82, 2.24) is 5.16 Å². The molecule has 1 aromatic heterocycles. The van der Waals surface area contributed by atoms with E-state index in [0.29, 0.717) is 64.9 Å². The molecule has 2 N–H and O–H groups in total. The number of carboxylic acid groups (broad SMARTS) is 1. The highest BCUT2D eigenvalue weighted by Gasteiger charge is 2.54. The molecule has 0 unspecified atom stereocenters. The minimum Gasteiger partial charge on any atom is -0.478 e. The molecular weight excluding hydrogens is 584 g/mol. The van der Waals surface area contributed by atoms with E-state index in [1.807, 2.05) is 13.8 Å². The summed E-state index contributed by atoms with van der Waals surface area (Å²) >= 11 is 13.0. The summed E-state index contributed by atoms with van der Waals surface area (Å²) < 4.78 is 32.8. The Morgan fingerprint density at radius 1 is 1.17 bits per heavy atom. The van der Waals surface area contributed by atoms with E-state index in [9.17, 15) is 19.4 Å². The van der Waals surface area contributed by atoms with Crippen molar-refractivity contribution >= 4 is 29.2 Å². The summed E-state index contributed by atoms with van der Waals surface area (Å²) in [6.07, 6.45) is 4.32. The smallest absolute Gasteiger partial charge is 0.348 e. The van der Waals surface area contributed by atoms with Crippen molar-refractivity contribution < 1.29 is 33.4 Å². The standard InChI is InChI=1S/C32H34Cl2FNO6/c1-3-19-13-22(40-16-24-28(36-42-29(24)18-7-8-18)27-25(33)5-4-6-26(27)34)11-17(2)32(19,39)20-12-21(35)15-23(14-20)41-31(9-10-31)30(37)38/h4-6,12,14-15,17-19,22,39H,3,7-11,13,16H2,1-2H3,(H,37,38)/t17-,19+,22-,32+/m0/s1. The first kappa shape index (κ1) is 29.4. The van der Waals surface area contributed by atoms with Gasteiger partial charge in [-0.1, -0.05) is 54.7 Å². The van der Waals surface area contributed by atoms with Gasteiger partial charge in [0.25, 0.3) is 0 Å². The predicted molar refractivity (Wildman–Crippen MR) is 155 cm³/mol. The van der Waals surface area contributed by atoms with Crippen LogP contribution in [0.4, 0.5) is 4.39 Å². The average molecular weight is 619 g/mol. The van der Waals surface area contributed by atoms with Gasteiger partial charge < -0.3 is 24.2 Å². The Bertz CT molecular complexity index is 1480. The van der Waals surface area contributed by atoms with Crippen molar-refractivity contribution in [2.24, 2.45) is 11.8 Å². The molecule has 2 aromatic carbocycles. The van der Waals surface area contributed by atoms with Gasteiger partial charge in [0.05, 0.1) is 28.4 Å².